The van der Waals surface area contributed by atoms with Crippen molar-refractivity contribution in [1.82, 2.24) is 15.4 Å². The van der Waals surface area contributed by atoms with Crippen molar-refractivity contribution in [2.45, 2.75) is 25.8 Å². The summed E-state index contributed by atoms with van der Waals surface area (Å²) >= 11 is 0. The van der Waals surface area contributed by atoms with Crippen molar-refractivity contribution in [3.05, 3.63) is 36.1 Å². The minimum Gasteiger partial charge on any atom is -0.497 e. The number of likely N-dealkylation sites (tertiary alicyclic amines) is 1. The first kappa shape index (κ1) is 16.5. The van der Waals surface area contributed by atoms with Gasteiger partial charge in [-0.2, -0.15) is 0 Å². The number of ether oxygens (including phenoxy) is 1. The zero-order valence-electron chi connectivity index (χ0n) is 14.0. The molecule has 1 saturated heterocycles. The fourth-order valence-corrected chi connectivity index (χ4v) is 2.86. The highest BCUT2D eigenvalue weighted by Crippen LogP contribution is 2.22. The molecule has 0 aliphatic carbocycles. The third-order valence-electron chi connectivity index (χ3n) is 4.22. The number of piperidine rings is 1. The molecule has 0 bridgehead atoms. The SMILES string of the molecule is COc1ccc(-c2cc(CNC(=O)CN3CCCCC3)on2)cc1. The topological polar surface area (TPSA) is 67.6 Å². The summed E-state index contributed by atoms with van der Waals surface area (Å²) in [6.07, 6.45) is 3.63. The average Bonchev–Trinajstić information content (AvgIpc) is 3.10. The Morgan fingerprint density at radius 1 is 1.25 bits per heavy atom. The summed E-state index contributed by atoms with van der Waals surface area (Å²) in [5.74, 6) is 1.47. The number of hydrogen-bond acceptors (Lipinski definition) is 5. The number of amides is 1. The van der Waals surface area contributed by atoms with Gasteiger partial charge in [-0.3, -0.25) is 9.69 Å². The second-order valence-electron chi connectivity index (χ2n) is 6.02. The van der Waals surface area contributed by atoms with Crippen LogP contribution < -0.4 is 10.1 Å². The van der Waals surface area contributed by atoms with Crippen LogP contribution in [0.5, 0.6) is 5.75 Å². The van der Waals surface area contributed by atoms with E-state index in [0.29, 0.717) is 18.8 Å². The van der Waals surface area contributed by atoms with E-state index >= 15 is 0 Å². The molecule has 1 N–H and O–H groups in total. The number of nitrogens with one attached hydrogen (secondary N) is 1. The van der Waals surface area contributed by atoms with Gasteiger partial charge in [-0.25, -0.2) is 0 Å². The Morgan fingerprint density at radius 2 is 2.00 bits per heavy atom. The van der Waals surface area contributed by atoms with Gasteiger partial charge in [0.1, 0.15) is 11.4 Å². The Morgan fingerprint density at radius 3 is 2.71 bits per heavy atom. The second kappa shape index (κ2) is 7.97. The van der Waals surface area contributed by atoms with Crippen molar-refractivity contribution >= 4 is 5.91 Å². The first-order valence-corrected chi connectivity index (χ1v) is 8.33. The van der Waals surface area contributed by atoms with Crippen molar-refractivity contribution in [2.75, 3.05) is 26.7 Å². The number of rotatable bonds is 6. The predicted octanol–water partition coefficient (Wildman–Crippen LogP) is 2.45. The van der Waals surface area contributed by atoms with Gasteiger partial charge in [0.2, 0.25) is 5.91 Å². The van der Waals surface area contributed by atoms with E-state index in [0.717, 1.165) is 30.1 Å². The van der Waals surface area contributed by atoms with Crippen LogP contribution in [-0.4, -0.2) is 42.7 Å². The molecule has 1 aromatic carbocycles. The van der Waals surface area contributed by atoms with E-state index in [-0.39, 0.29) is 5.91 Å². The van der Waals surface area contributed by atoms with E-state index in [4.69, 9.17) is 9.26 Å². The quantitative estimate of drug-likeness (QED) is 0.882. The number of carbonyl (C=O) groups excluding carboxylic acids is 1. The molecule has 0 atom stereocenters. The van der Waals surface area contributed by atoms with Gasteiger partial charge in [0.05, 0.1) is 20.2 Å². The molecule has 2 aromatic rings. The van der Waals surface area contributed by atoms with E-state index in [1.807, 2.05) is 30.3 Å². The first-order chi connectivity index (χ1) is 11.7. The maximum absolute atomic E-state index is 12.0. The van der Waals surface area contributed by atoms with Crippen LogP contribution in [0.2, 0.25) is 0 Å². The Balaban J connectivity index is 1.50. The first-order valence-electron chi connectivity index (χ1n) is 8.33. The van der Waals surface area contributed by atoms with Crippen molar-refractivity contribution < 1.29 is 14.1 Å². The number of aromatic nitrogens is 1. The molecule has 0 unspecified atom stereocenters. The molecular formula is C18H23N3O3. The number of nitrogens with zero attached hydrogens (tertiary/aromatic N) is 2. The lowest BCUT2D eigenvalue weighted by atomic mass is 10.1. The van der Waals surface area contributed by atoms with Crippen molar-refractivity contribution in [3.63, 3.8) is 0 Å². The van der Waals surface area contributed by atoms with Crippen molar-refractivity contribution in [3.8, 4) is 17.0 Å². The van der Waals surface area contributed by atoms with E-state index < -0.39 is 0 Å². The van der Waals surface area contributed by atoms with E-state index in [1.54, 1.807) is 7.11 Å². The molecule has 1 fully saturated rings. The lowest BCUT2D eigenvalue weighted by Gasteiger charge is -2.25. The fourth-order valence-electron chi connectivity index (χ4n) is 2.86. The molecule has 6 heteroatoms. The standard InChI is InChI=1S/C18H23N3O3/c1-23-15-7-5-14(6-8-15)17-11-16(24-20-17)12-19-18(22)13-21-9-3-2-4-10-21/h5-8,11H,2-4,9-10,12-13H2,1H3,(H,19,22). The molecule has 1 amide bonds. The second-order valence-corrected chi connectivity index (χ2v) is 6.02. The number of methoxy groups -OCH3 is 1. The summed E-state index contributed by atoms with van der Waals surface area (Å²) in [5.41, 5.74) is 1.70. The third-order valence-corrected chi connectivity index (χ3v) is 4.22. The molecule has 0 radical (unpaired) electrons. The Labute approximate surface area is 141 Å². The number of benzene rings is 1. The van der Waals surface area contributed by atoms with Crippen LogP contribution in [0.3, 0.4) is 0 Å². The molecule has 0 spiro atoms. The highest BCUT2D eigenvalue weighted by atomic mass is 16.5. The van der Waals surface area contributed by atoms with Crippen LogP contribution in [0.25, 0.3) is 11.3 Å². The number of hydrogen-bond donors (Lipinski definition) is 1. The van der Waals surface area contributed by atoms with Gasteiger partial charge in [0, 0.05) is 11.6 Å². The molecule has 3 rings (SSSR count). The highest BCUT2D eigenvalue weighted by molar-refractivity contribution is 5.78. The Kier molecular flexibility index (Phi) is 5.48. The highest BCUT2D eigenvalue weighted by Gasteiger charge is 2.14. The monoisotopic (exact) mass is 329 g/mol. The summed E-state index contributed by atoms with van der Waals surface area (Å²) in [4.78, 5) is 14.2. The van der Waals surface area contributed by atoms with Gasteiger partial charge in [-0.1, -0.05) is 11.6 Å². The summed E-state index contributed by atoms with van der Waals surface area (Å²) in [6, 6.07) is 9.46. The van der Waals surface area contributed by atoms with Crippen LogP contribution in [-0.2, 0) is 11.3 Å². The Hall–Kier alpha value is -2.34. The average molecular weight is 329 g/mol. The van der Waals surface area contributed by atoms with E-state index in [2.05, 4.69) is 15.4 Å². The molecule has 6 nitrogen and oxygen atoms in total. The van der Waals surface area contributed by atoms with Gasteiger partial charge in [-0.05, 0) is 50.2 Å². The van der Waals surface area contributed by atoms with Crippen molar-refractivity contribution in [2.24, 2.45) is 0 Å². The maximum atomic E-state index is 12.0. The molecular weight excluding hydrogens is 306 g/mol. The van der Waals surface area contributed by atoms with Gasteiger partial charge in [0.25, 0.3) is 0 Å². The molecule has 2 heterocycles. The molecule has 24 heavy (non-hydrogen) atoms. The summed E-state index contributed by atoms with van der Waals surface area (Å²) in [5, 5.41) is 6.95. The van der Waals surface area contributed by atoms with Gasteiger partial charge in [0.15, 0.2) is 5.76 Å². The van der Waals surface area contributed by atoms with Crippen LogP contribution in [0.1, 0.15) is 25.0 Å². The fraction of sp³-hybridized carbons (Fsp3) is 0.444. The minimum absolute atomic E-state index is 0.0271. The van der Waals surface area contributed by atoms with Gasteiger partial charge >= 0.3 is 0 Å². The molecule has 0 saturated carbocycles. The zero-order valence-corrected chi connectivity index (χ0v) is 14.0. The minimum atomic E-state index is 0.0271. The summed E-state index contributed by atoms with van der Waals surface area (Å²) in [6.45, 7) is 2.84. The van der Waals surface area contributed by atoms with Crippen molar-refractivity contribution in [1.29, 1.82) is 0 Å². The lowest BCUT2D eigenvalue weighted by Crippen LogP contribution is -2.39. The third kappa shape index (κ3) is 4.35. The van der Waals surface area contributed by atoms with Crippen LogP contribution >= 0.6 is 0 Å². The summed E-state index contributed by atoms with van der Waals surface area (Å²) < 4.78 is 10.4. The van der Waals surface area contributed by atoms with Gasteiger partial charge < -0.3 is 14.6 Å². The van der Waals surface area contributed by atoms with E-state index in [9.17, 15) is 4.79 Å². The Bertz CT molecular complexity index is 660. The molecule has 128 valence electrons. The largest absolute Gasteiger partial charge is 0.497 e. The number of carbonyl (C=O) groups is 1. The molecule has 1 aromatic heterocycles. The van der Waals surface area contributed by atoms with Crippen LogP contribution in [0.4, 0.5) is 0 Å². The predicted molar refractivity (Wildman–Crippen MR) is 90.6 cm³/mol. The van der Waals surface area contributed by atoms with Gasteiger partial charge in [-0.15, -0.1) is 0 Å². The van der Waals surface area contributed by atoms with Crippen LogP contribution in [0, 0.1) is 0 Å². The molecule has 1 aliphatic heterocycles. The smallest absolute Gasteiger partial charge is 0.234 e. The van der Waals surface area contributed by atoms with E-state index in [1.165, 1.54) is 19.3 Å². The van der Waals surface area contributed by atoms with Crippen LogP contribution in [0.15, 0.2) is 34.9 Å². The maximum Gasteiger partial charge on any atom is 0.234 e. The molecule has 1 aliphatic rings. The zero-order chi connectivity index (χ0) is 16.8. The lowest BCUT2D eigenvalue weighted by molar-refractivity contribution is -0.122. The summed E-state index contributed by atoms with van der Waals surface area (Å²) in [7, 11) is 1.63. The normalized spacial score (nSPS) is 15.2.